The monoisotopic (exact) mass is 472 g/mol. The third kappa shape index (κ3) is 3.26. The maximum Gasteiger partial charge on any atom is 0.303 e. The van der Waals surface area contributed by atoms with Gasteiger partial charge in [0, 0.05) is 6.42 Å². The lowest BCUT2D eigenvalue weighted by molar-refractivity contribution is -0.155. The number of allylic oxidation sites excluding steroid dienone is 1. The average Bonchev–Trinajstić information content (AvgIpc) is 3.35. The highest BCUT2D eigenvalue weighted by Gasteiger charge is 2.80. The summed E-state index contributed by atoms with van der Waals surface area (Å²) in [4.78, 5) is 11.6. The number of aliphatic hydroxyl groups is 1. The molecule has 2 N–H and O–H groups in total. The largest absolute Gasteiger partial charge is 0.481 e. The van der Waals surface area contributed by atoms with Crippen molar-refractivity contribution in [2.45, 2.75) is 117 Å². The molecule has 0 aromatic carbocycles. The van der Waals surface area contributed by atoms with Crippen LogP contribution in [0.2, 0.25) is 0 Å². The van der Waals surface area contributed by atoms with E-state index in [-0.39, 0.29) is 11.5 Å². The zero-order chi connectivity index (χ0) is 24.7. The first kappa shape index (κ1) is 24.8. The van der Waals surface area contributed by atoms with Crippen molar-refractivity contribution in [1.29, 1.82) is 0 Å². The van der Waals surface area contributed by atoms with E-state index < -0.39 is 11.6 Å². The zero-order valence-corrected chi connectivity index (χ0v) is 22.3. The summed E-state index contributed by atoms with van der Waals surface area (Å²) in [5, 5.41) is 20.0. The Labute approximate surface area is 206 Å². The van der Waals surface area contributed by atoms with E-state index in [1.165, 1.54) is 56.9 Å². The van der Waals surface area contributed by atoms with Crippen LogP contribution in [0.1, 0.15) is 105 Å². The number of carboxylic acid groups (broad SMARTS) is 1. The van der Waals surface area contributed by atoms with Crippen LogP contribution in [0.5, 0.6) is 0 Å². The number of hydrogen-bond acceptors (Lipinski definition) is 3. The maximum atomic E-state index is 11.6. The standard InChI is InChI=1S/C30H48O4/c1-19(2)21-8-9-23-28(6)13-11-22(20-7-10-24(34-17-20)26(3,4)33)27(28,5)15-16-30(23)18-29(21,30)14-12-25(31)32/h20-24,33H,1,7-18H2,2-6H3,(H,31,32)/t20-,21-,22+,23-,24-,27+,28-,29+,30-/m0/s1. The lowest BCUT2D eigenvalue weighted by atomic mass is 9.43. The predicted octanol–water partition coefficient (Wildman–Crippen LogP) is 6.61. The molecule has 4 aliphatic carbocycles. The normalized spacial score (nSPS) is 50.1. The van der Waals surface area contributed by atoms with E-state index in [0.717, 1.165) is 19.4 Å². The number of hydrogen-bond donors (Lipinski definition) is 2. The summed E-state index contributed by atoms with van der Waals surface area (Å²) >= 11 is 0. The van der Waals surface area contributed by atoms with Crippen LogP contribution in [0.3, 0.4) is 0 Å². The van der Waals surface area contributed by atoms with Crippen molar-refractivity contribution >= 4 is 5.97 Å². The summed E-state index contributed by atoms with van der Waals surface area (Å²) in [6, 6.07) is 0. The van der Waals surface area contributed by atoms with Gasteiger partial charge in [-0.2, -0.15) is 0 Å². The molecule has 34 heavy (non-hydrogen) atoms. The Morgan fingerprint density at radius 1 is 1.06 bits per heavy atom. The molecule has 1 heterocycles. The second-order valence-electron chi connectivity index (χ2n) is 14.2. The zero-order valence-electron chi connectivity index (χ0n) is 22.3. The number of aliphatic carboxylic acids is 1. The predicted molar refractivity (Wildman–Crippen MR) is 134 cm³/mol. The molecule has 0 aromatic rings. The Morgan fingerprint density at radius 3 is 2.38 bits per heavy atom. The summed E-state index contributed by atoms with van der Waals surface area (Å²) < 4.78 is 6.26. The molecule has 4 heteroatoms. The first-order valence-corrected chi connectivity index (χ1v) is 14.0. The minimum absolute atomic E-state index is 0.0438. The van der Waals surface area contributed by atoms with Gasteiger partial charge in [-0.05, 0) is 130 Å². The van der Waals surface area contributed by atoms with Crippen LogP contribution in [0.4, 0.5) is 0 Å². The van der Waals surface area contributed by atoms with Gasteiger partial charge in [0.25, 0.3) is 0 Å². The first-order chi connectivity index (χ1) is 15.8. The molecule has 0 bridgehead atoms. The van der Waals surface area contributed by atoms with Gasteiger partial charge >= 0.3 is 5.97 Å². The van der Waals surface area contributed by atoms with E-state index in [1.54, 1.807) is 0 Å². The molecule has 4 saturated carbocycles. The second kappa shape index (κ2) is 7.81. The number of ether oxygens (including phenoxy) is 1. The molecule has 0 radical (unpaired) electrons. The summed E-state index contributed by atoms with van der Waals surface area (Å²) in [5.41, 5.74) is 1.69. The molecule has 0 unspecified atom stereocenters. The lowest BCUT2D eigenvalue weighted by Gasteiger charge is -2.61. The summed E-state index contributed by atoms with van der Waals surface area (Å²) in [6.07, 6.45) is 12.1. The Hall–Kier alpha value is -0.870. The summed E-state index contributed by atoms with van der Waals surface area (Å²) in [5.74, 6) is 1.86. The fourth-order valence-electron chi connectivity index (χ4n) is 10.8. The highest BCUT2D eigenvalue weighted by atomic mass is 16.5. The molecule has 5 aliphatic rings. The number of carbonyl (C=O) groups is 1. The van der Waals surface area contributed by atoms with Gasteiger partial charge in [0.2, 0.25) is 0 Å². The molecule has 5 rings (SSSR count). The topological polar surface area (TPSA) is 66.8 Å². The quantitative estimate of drug-likeness (QED) is 0.427. The molecule has 9 atom stereocenters. The van der Waals surface area contributed by atoms with Gasteiger partial charge < -0.3 is 14.9 Å². The van der Waals surface area contributed by atoms with Gasteiger partial charge in [-0.15, -0.1) is 0 Å². The molecule has 192 valence electrons. The molecule has 1 saturated heterocycles. The number of rotatable bonds is 6. The van der Waals surface area contributed by atoms with Gasteiger partial charge in [-0.1, -0.05) is 26.0 Å². The SMILES string of the molecule is C=C(C)[C@@H]1CC[C@@H]2[C@]3(CC[C@]4(C)[C@@H]([C@H]5CC[C@@H](C(C)(C)O)OC5)CC[C@@]24C)C[C@]13CCC(=O)O. The van der Waals surface area contributed by atoms with Gasteiger partial charge in [0.05, 0.1) is 18.3 Å². The van der Waals surface area contributed by atoms with Crippen LogP contribution in [-0.4, -0.2) is 34.5 Å². The van der Waals surface area contributed by atoms with E-state index in [0.29, 0.717) is 46.3 Å². The van der Waals surface area contributed by atoms with E-state index in [1.807, 2.05) is 13.8 Å². The summed E-state index contributed by atoms with van der Waals surface area (Å²) in [6.45, 7) is 16.3. The van der Waals surface area contributed by atoms with Crippen molar-refractivity contribution in [1.82, 2.24) is 0 Å². The van der Waals surface area contributed by atoms with E-state index in [4.69, 9.17) is 4.74 Å². The van der Waals surface area contributed by atoms with Crippen molar-refractivity contribution in [2.24, 2.45) is 45.3 Å². The van der Waals surface area contributed by atoms with Crippen molar-refractivity contribution in [3.8, 4) is 0 Å². The Balaban J connectivity index is 1.39. The third-order valence-electron chi connectivity index (χ3n) is 12.6. The third-order valence-corrected chi connectivity index (χ3v) is 12.6. The molecule has 1 spiro atoms. The van der Waals surface area contributed by atoms with Crippen molar-refractivity contribution in [2.75, 3.05) is 6.61 Å². The molecule has 0 aromatic heterocycles. The van der Waals surface area contributed by atoms with Gasteiger partial charge in [0.15, 0.2) is 0 Å². The van der Waals surface area contributed by atoms with Gasteiger partial charge in [0.1, 0.15) is 0 Å². The molecule has 5 fully saturated rings. The maximum absolute atomic E-state index is 11.6. The van der Waals surface area contributed by atoms with Crippen molar-refractivity contribution in [3.63, 3.8) is 0 Å². The molecular formula is C30H48O4. The highest BCUT2D eigenvalue weighted by molar-refractivity contribution is 5.67. The van der Waals surface area contributed by atoms with Crippen LogP contribution in [0, 0.1) is 45.3 Å². The summed E-state index contributed by atoms with van der Waals surface area (Å²) in [7, 11) is 0. The van der Waals surface area contributed by atoms with Crippen LogP contribution >= 0.6 is 0 Å². The first-order valence-electron chi connectivity index (χ1n) is 14.0. The lowest BCUT2D eigenvalue weighted by Crippen LogP contribution is -2.55. The van der Waals surface area contributed by atoms with Crippen LogP contribution in [-0.2, 0) is 9.53 Å². The second-order valence-corrected chi connectivity index (χ2v) is 14.2. The van der Waals surface area contributed by atoms with E-state index >= 15 is 0 Å². The van der Waals surface area contributed by atoms with Crippen LogP contribution < -0.4 is 0 Å². The van der Waals surface area contributed by atoms with Crippen LogP contribution in [0.15, 0.2) is 12.2 Å². The smallest absolute Gasteiger partial charge is 0.303 e. The molecule has 4 nitrogen and oxygen atoms in total. The van der Waals surface area contributed by atoms with Crippen LogP contribution in [0.25, 0.3) is 0 Å². The fourth-order valence-corrected chi connectivity index (χ4v) is 10.8. The Morgan fingerprint density at radius 2 is 1.79 bits per heavy atom. The molecule has 1 aliphatic heterocycles. The fraction of sp³-hybridized carbons (Fsp3) is 0.900. The van der Waals surface area contributed by atoms with E-state index in [9.17, 15) is 15.0 Å². The van der Waals surface area contributed by atoms with Crippen molar-refractivity contribution in [3.05, 3.63) is 12.2 Å². The molecular weight excluding hydrogens is 424 g/mol. The van der Waals surface area contributed by atoms with E-state index in [2.05, 4.69) is 27.4 Å². The molecule has 0 amide bonds. The Bertz CT molecular complexity index is 850. The average molecular weight is 473 g/mol. The van der Waals surface area contributed by atoms with Gasteiger partial charge in [-0.3, -0.25) is 4.79 Å². The number of carboxylic acids is 1. The highest BCUT2D eigenvalue weighted by Crippen LogP contribution is 2.87. The van der Waals surface area contributed by atoms with Crippen molar-refractivity contribution < 1.29 is 19.7 Å². The minimum Gasteiger partial charge on any atom is -0.481 e. The number of fused-ring (bicyclic) bond motifs is 2. The van der Waals surface area contributed by atoms with Gasteiger partial charge in [-0.25, -0.2) is 0 Å². The minimum atomic E-state index is -0.760. The Kier molecular flexibility index (Phi) is 5.70.